The summed E-state index contributed by atoms with van der Waals surface area (Å²) in [5.41, 5.74) is 6.41. The van der Waals surface area contributed by atoms with Crippen molar-refractivity contribution in [3.05, 3.63) is 0 Å². The van der Waals surface area contributed by atoms with E-state index in [4.69, 9.17) is 5.73 Å². The molecule has 2 heteroatoms. The lowest BCUT2D eigenvalue weighted by atomic mass is 9.71. The third kappa shape index (κ3) is 1.89. The van der Waals surface area contributed by atoms with Gasteiger partial charge in [-0.05, 0) is 55.1 Å². The van der Waals surface area contributed by atoms with E-state index in [2.05, 4.69) is 11.8 Å². The van der Waals surface area contributed by atoms with Crippen LogP contribution in [0.4, 0.5) is 0 Å². The first-order valence-electron chi connectivity index (χ1n) is 5.65. The molecule has 0 spiro atoms. The third-order valence-corrected chi connectivity index (χ3v) is 5.27. The van der Waals surface area contributed by atoms with Gasteiger partial charge in [-0.25, -0.2) is 0 Å². The maximum absolute atomic E-state index is 5.75. The lowest BCUT2D eigenvalue weighted by Gasteiger charge is -2.34. The lowest BCUT2D eigenvalue weighted by Crippen LogP contribution is -2.31. The molecule has 0 aromatic rings. The number of rotatable bonds is 3. The van der Waals surface area contributed by atoms with Crippen LogP contribution in [-0.4, -0.2) is 18.1 Å². The van der Waals surface area contributed by atoms with Gasteiger partial charge in [0.1, 0.15) is 0 Å². The van der Waals surface area contributed by atoms with Gasteiger partial charge in [-0.15, -0.1) is 0 Å². The highest BCUT2D eigenvalue weighted by Crippen LogP contribution is 2.50. The largest absolute Gasteiger partial charge is 0.330 e. The molecule has 1 saturated heterocycles. The van der Waals surface area contributed by atoms with Crippen LogP contribution in [0.3, 0.4) is 0 Å². The highest BCUT2D eigenvalue weighted by Gasteiger charge is 2.41. The average molecular weight is 199 g/mol. The monoisotopic (exact) mass is 199 g/mol. The van der Waals surface area contributed by atoms with Gasteiger partial charge in [0.2, 0.25) is 0 Å². The van der Waals surface area contributed by atoms with E-state index in [1.807, 2.05) is 0 Å². The van der Waals surface area contributed by atoms with E-state index in [0.29, 0.717) is 5.41 Å². The maximum atomic E-state index is 5.75. The van der Waals surface area contributed by atoms with E-state index in [1.54, 1.807) is 0 Å². The van der Waals surface area contributed by atoms with Crippen molar-refractivity contribution in [2.75, 3.05) is 18.1 Å². The fraction of sp³-hybridized carbons (Fsp3) is 1.00. The molecule has 0 bridgehead atoms. The second kappa shape index (κ2) is 4.22. The number of nitrogens with two attached hydrogens (primary N) is 1. The fourth-order valence-electron chi connectivity index (χ4n) is 3.17. The summed E-state index contributed by atoms with van der Waals surface area (Å²) in [7, 11) is 0. The van der Waals surface area contributed by atoms with Gasteiger partial charge < -0.3 is 5.73 Å². The minimum absolute atomic E-state index is 0.663. The second-order valence-electron chi connectivity index (χ2n) is 4.69. The molecular weight excluding hydrogens is 178 g/mol. The van der Waals surface area contributed by atoms with Gasteiger partial charge in [-0.1, -0.05) is 12.8 Å². The molecular formula is C11H21NS. The van der Waals surface area contributed by atoms with Crippen molar-refractivity contribution in [1.29, 1.82) is 0 Å². The second-order valence-corrected chi connectivity index (χ2v) is 5.79. The zero-order chi connectivity index (χ0) is 9.15. The minimum Gasteiger partial charge on any atom is -0.330 e. The third-order valence-electron chi connectivity index (χ3n) is 4.00. The summed E-state index contributed by atoms with van der Waals surface area (Å²) < 4.78 is 0. The summed E-state index contributed by atoms with van der Waals surface area (Å²) in [5.74, 6) is 3.80. The first kappa shape index (κ1) is 9.85. The summed E-state index contributed by atoms with van der Waals surface area (Å²) in [4.78, 5) is 0. The van der Waals surface area contributed by atoms with E-state index < -0.39 is 0 Å². The predicted molar refractivity (Wildman–Crippen MR) is 60.0 cm³/mol. The Labute approximate surface area is 85.8 Å². The molecule has 0 amide bonds. The van der Waals surface area contributed by atoms with Gasteiger partial charge in [-0.3, -0.25) is 0 Å². The van der Waals surface area contributed by atoms with Crippen LogP contribution in [0, 0.1) is 11.3 Å². The van der Waals surface area contributed by atoms with Crippen LogP contribution in [0.15, 0.2) is 0 Å². The van der Waals surface area contributed by atoms with Crippen molar-refractivity contribution in [2.24, 2.45) is 17.1 Å². The van der Waals surface area contributed by atoms with Crippen molar-refractivity contribution in [1.82, 2.24) is 0 Å². The summed E-state index contributed by atoms with van der Waals surface area (Å²) in [6.07, 6.45) is 8.65. The molecule has 2 aliphatic rings. The molecule has 2 N–H and O–H groups in total. The molecule has 1 aliphatic carbocycles. The minimum atomic E-state index is 0.663. The van der Waals surface area contributed by atoms with Crippen molar-refractivity contribution in [3.63, 3.8) is 0 Å². The van der Waals surface area contributed by atoms with Crippen LogP contribution in [-0.2, 0) is 0 Å². The van der Waals surface area contributed by atoms with E-state index >= 15 is 0 Å². The van der Waals surface area contributed by atoms with Gasteiger partial charge >= 0.3 is 0 Å². The Morgan fingerprint density at radius 3 is 2.62 bits per heavy atom. The molecule has 1 atom stereocenters. The molecule has 1 aliphatic heterocycles. The van der Waals surface area contributed by atoms with E-state index in [-0.39, 0.29) is 0 Å². The Morgan fingerprint density at radius 1 is 1.31 bits per heavy atom. The molecule has 1 saturated carbocycles. The SMILES string of the molecule is NCCC1(C2CCCC2)CCSC1. The zero-order valence-electron chi connectivity index (χ0n) is 8.43. The molecule has 1 unspecified atom stereocenters. The van der Waals surface area contributed by atoms with Gasteiger partial charge in [0.05, 0.1) is 0 Å². The van der Waals surface area contributed by atoms with Gasteiger partial charge in [0.25, 0.3) is 0 Å². The maximum Gasteiger partial charge on any atom is -0.000738 e. The van der Waals surface area contributed by atoms with Crippen LogP contribution in [0.2, 0.25) is 0 Å². The summed E-state index contributed by atoms with van der Waals surface area (Å²) >= 11 is 2.15. The van der Waals surface area contributed by atoms with Crippen LogP contribution < -0.4 is 5.73 Å². The molecule has 0 aromatic carbocycles. The van der Waals surface area contributed by atoms with Crippen molar-refractivity contribution in [3.8, 4) is 0 Å². The highest BCUT2D eigenvalue weighted by atomic mass is 32.2. The fourth-order valence-corrected chi connectivity index (χ4v) is 4.80. The van der Waals surface area contributed by atoms with E-state index in [0.717, 1.165) is 12.5 Å². The van der Waals surface area contributed by atoms with Crippen molar-refractivity contribution < 1.29 is 0 Å². The van der Waals surface area contributed by atoms with Gasteiger partial charge in [0, 0.05) is 0 Å². The first-order chi connectivity index (χ1) is 6.37. The molecule has 2 rings (SSSR count). The lowest BCUT2D eigenvalue weighted by molar-refractivity contribution is 0.185. The van der Waals surface area contributed by atoms with Crippen molar-refractivity contribution >= 4 is 11.8 Å². The van der Waals surface area contributed by atoms with E-state index in [1.165, 1.54) is 50.0 Å². The Kier molecular flexibility index (Phi) is 3.20. The van der Waals surface area contributed by atoms with Gasteiger partial charge in [-0.2, -0.15) is 11.8 Å². The molecule has 2 fully saturated rings. The molecule has 1 nitrogen and oxygen atoms in total. The molecule has 76 valence electrons. The van der Waals surface area contributed by atoms with Crippen LogP contribution >= 0.6 is 11.8 Å². The molecule has 0 aromatic heterocycles. The summed E-state index contributed by atoms with van der Waals surface area (Å²) in [5, 5.41) is 0. The standard InChI is InChI=1S/C11H21NS/c12-7-5-11(6-8-13-9-11)10-3-1-2-4-10/h10H,1-9,12H2. The highest BCUT2D eigenvalue weighted by molar-refractivity contribution is 7.99. The smallest absolute Gasteiger partial charge is 0.000738 e. The Bertz CT molecular complexity index is 157. The normalized spacial score (nSPS) is 35.8. The van der Waals surface area contributed by atoms with E-state index in [9.17, 15) is 0 Å². The Hall–Kier alpha value is 0.310. The summed E-state index contributed by atoms with van der Waals surface area (Å²) in [6, 6.07) is 0. The summed E-state index contributed by atoms with van der Waals surface area (Å²) in [6.45, 7) is 0.900. The Morgan fingerprint density at radius 2 is 2.08 bits per heavy atom. The molecule has 13 heavy (non-hydrogen) atoms. The van der Waals surface area contributed by atoms with Crippen LogP contribution in [0.5, 0.6) is 0 Å². The average Bonchev–Trinajstić information content (AvgIpc) is 2.73. The molecule has 1 heterocycles. The first-order valence-corrected chi connectivity index (χ1v) is 6.81. The van der Waals surface area contributed by atoms with Crippen LogP contribution in [0.25, 0.3) is 0 Å². The number of thioether (sulfide) groups is 1. The van der Waals surface area contributed by atoms with Crippen molar-refractivity contribution in [2.45, 2.75) is 38.5 Å². The van der Waals surface area contributed by atoms with Crippen LogP contribution in [0.1, 0.15) is 38.5 Å². The predicted octanol–water partition coefficient (Wildman–Crippen LogP) is 2.65. The number of hydrogen-bond donors (Lipinski definition) is 1. The number of hydrogen-bond acceptors (Lipinski definition) is 2. The Balaban J connectivity index is 2.02. The van der Waals surface area contributed by atoms with Gasteiger partial charge in [0.15, 0.2) is 0 Å². The zero-order valence-corrected chi connectivity index (χ0v) is 9.24. The topological polar surface area (TPSA) is 26.0 Å². The molecule has 0 radical (unpaired) electrons. The quantitative estimate of drug-likeness (QED) is 0.756.